The van der Waals surface area contributed by atoms with Crippen LogP contribution in [0, 0.1) is 5.82 Å². The number of nitrogen functional groups attached to an aromatic ring is 1. The molecule has 0 heterocycles. The van der Waals surface area contributed by atoms with Crippen molar-refractivity contribution in [2.75, 3.05) is 5.73 Å². The van der Waals surface area contributed by atoms with Crippen molar-refractivity contribution in [3.8, 4) is 5.75 Å². The van der Waals surface area contributed by atoms with Crippen LogP contribution in [-0.4, -0.2) is 5.91 Å². The molecule has 0 bridgehead atoms. The van der Waals surface area contributed by atoms with Crippen LogP contribution in [0.15, 0.2) is 36.4 Å². The smallest absolute Gasteiger partial charge is 0.248 e. The molecule has 2 aromatic carbocycles. The van der Waals surface area contributed by atoms with Crippen LogP contribution in [0.25, 0.3) is 0 Å². The summed E-state index contributed by atoms with van der Waals surface area (Å²) in [6, 6.07) is 8.58. The van der Waals surface area contributed by atoms with E-state index in [2.05, 4.69) is 0 Å². The van der Waals surface area contributed by atoms with Gasteiger partial charge in [-0.3, -0.25) is 4.79 Å². The number of amides is 1. The topological polar surface area (TPSA) is 78.3 Å². The summed E-state index contributed by atoms with van der Waals surface area (Å²) in [4.78, 5) is 11.1. The highest BCUT2D eigenvalue weighted by Crippen LogP contribution is 2.26. The maximum absolute atomic E-state index is 13.6. The Bertz CT molecular complexity index is 662. The number of nitrogens with two attached hydrogens (primary N) is 2. The molecule has 104 valence electrons. The summed E-state index contributed by atoms with van der Waals surface area (Å²) in [7, 11) is 0. The third-order valence-corrected chi connectivity index (χ3v) is 2.92. The summed E-state index contributed by atoms with van der Waals surface area (Å²) in [6.07, 6.45) is 0. The Labute approximate surface area is 120 Å². The third kappa shape index (κ3) is 3.19. The molecular weight excluding hydrogens is 283 g/mol. The fraction of sp³-hybridized carbons (Fsp3) is 0.0714. The first-order chi connectivity index (χ1) is 9.47. The molecule has 0 unspecified atom stereocenters. The van der Waals surface area contributed by atoms with Gasteiger partial charge in [0.15, 0.2) is 0 Å². The zero-order valence-corrected chi connectivity index (χ0v) is 11.2. The van der Waals surface area contributed by atoms with Crippen LogP contribution in [0.2, 0.25) is 5.02 Å². The molecule has 0 aliphatic carbocycles. The molecule has 2 rings (SSSR count). The van der Waals surface area contributed by atoms with Crippen molar-refractivity contribution in [3.05, 3.63) is 58.4 Å². The van der Waals surface area contributed by atoms with E-state index in [0.29, 0.717) is 16.5 Å². The molecule has 4 nitrogen and oxygen atoms in total. The van der Waals surface area contributed by atoms with E-state index < -0.39 is 11.7 Å². The number of halogens is 2. The summed E-state index contributed by atoms with van der Waals surface area (Å²) in [5.74, 6) is -0.773. The van der Waals surface area contributed by atoms with Gasteiger partial charge in [-0.05, 0) is 30.3 Å². The van der Waals surface area contributed by atoms with E-state index in [9.17, 15) is 9.18 Å². The second-order valence-electron chi connectivity index (χ2n) is 4.14. The number of ether oxygens (including phenoxy) is 1. The number of carbonyl (C=O) groups excluding carboxylic acids is 1. The summed E-state index contributed by atoms with van der Waals surface area (Å²) < 4.78 is 19.0. The summed E-state index contributed by atoms with van der Waals surface area (Å²) in [6.45, 7) is -0.0858. The van der Waals surface area contributed by atoms with Gasteiger partial charge in [-0.15, -0.1) is 0 Å². The van der Waals surface area contributed by atoms with Crippen molar-refractivity contribution in [2.24, 2.45) is 5.73 Å². The second kappa shape index (κ2) is 5.79. The Morgan fingerprint density at radius 2 is 2.00 bits per heavy atom. The zero-order chi connectivity index (χ0) is 14.7. The molecule has 4 N–H and O–H groups in total. The summed E-state index contributed by atoms with van der Waals surface area (Å²) >= 11 is 5.83. The van der Waals surface area contributed by atoms with E-state index in [0.717, 1.165) is 0 Å². The molecular formula is C14H12ClFN2O2. The van der Waals surface area contributed by atoms with E-state index >= 15 is 0 Å². The van der Waals surface area contributed by atoms with E-state index in [1.165, 1.54) is 24.3 Å². The lowest BCUT2D eigenvalue weighted by Gasteiger charge is -2.10. The molecule has 0 aromatic heterocycles. The highest BCUT2D eigenvalue weighted by Gasteiger charge is 2.09. The van der Waals surface area contributed by atoms with Crippen LogP contribution >= 0.6 is 11.6 Å². The number of anilines is 1. The Hall–Kier alpha value is -2.27. The average molecular weight is 295 g/mol. The first-order valence-electron chi connectivity index (χ1n) is 5.73. The van der Waals surface area contributed by atoms with Gasteiger partial charge in [-0.25, -0.2) is 4.39 Å². The second-order valence-corrected chi connectivity index (χ2v) is 4.58. The fourth-order valence-electron chi connectivity index (χ4n) is 1.63. The van der Waals surface area contributed by atoms with Crippen LogP contribution < -0.4 is 16.2 Å². The SMILES string of the molecule is NC(=O)c1ccc(F)c(COc2cc(Cl)ccc2N)c1. The van der Waals surface area contributed by atoms with E-state index in [-0.39, 0.29) is 17.7 Å². The fourth-order valence-corrected chi connectivity index (χ4v) is 1.79. The summed E-state index contributed by atoms with van der Waals surface area (Å²) in [5.41, 5.74) is 11.7. The lowest BCUT2D eigenvalue weighted by atomic mass is 10.1. The van der Waals surface area contributed by atoms with Crippen LogP contribution in [0.3, 0.4) is 0 Å². The molecule has 2 aromatic rings. The monoisotopic (exact) mass is 294 g/mol. The van der Waals surface area contributed by atoms with E-state index in [4.69, 9.17) is 27.8 Å². The van der Waals surface area contributed by atoms with Gasteiger partial charge in [0.25, 0.3) is 0 Å². The highest BCUT2D eigenvalue weighted by molar-refractivity contribution is 6.30. The molecule has 6 heteroatoms. The highest BCUT2D eigenvalue weighted by atomic mass is 35.5. The number of primary amides is 1. The van der Waals surface area contributed by atoms with Crippen molar-refractivity contribution in [2.45, 2.75) is 6.61 Å². The van der Waals surface area contributed by atoms with Crippen molar-refractivity contribution in [1.82, 2.24) is 0 Å². The first kappa shape index (κ1) is 14.1. The van der Waals surface area contributed by atoms with Crippen LogP contribution in [0.5, 0.6) is 5.75 Å². The van der Waals surface area contributed by atoms with Crippen molar-refractivity contribution in [1.29, 1.82) is 0 Å². The number of carbonyl (C=O) groups is 1. The molecule has 20 heavy (non-hydrogen) atoms. The molecule has 0 saturated carbocycles. The Morgan fingerprint density at radius 3 is 2.70 bits per heavy atom. The molecule has 1 amide bonds. The molecule has 0 aliphatic heterocycles. The minimum Gasteiger partial charge on any atom is -0.487 e. The van der Waals surface area contributed by atoms with Gasteiger partial charge in [0.2, 0.25) is 5.91 Å². The van der Waals surface area contributed by atoms with Gasteiger partial charge >= 0.3 is 0 Å². The summed E-state index contributed by atoms with van der Waals surface area (Å²) in [5, 5.41) is 0.459. The minimum absolute atomic E-state index is 0.0858. The third-order valence-electron chi connectivity index (χ3n) is 2.69. The predicted octanol–water partition coefficient (Wildman–Crippen LogP) is 2.74. The van der Waals surface area contributed by atoms with Gasteiger partial charge in [-0.1, -0.05) is 11.6 Å². The number of hydrogen-bond donors (Lipinski definition) is 2. The maximum Gasteiger partial charge on any atom is 0.248 e. The van der Waals surface area contributed by atoms with Crippen LogP contribution in [0.4, 0.5) is 10.1 Å². The van der Waals surface area contributed by atoms with Crippen molar-refractivity contribution >= 4 is 23.2 Å². The normalized spacial score (nSPS) is 10.3. The maximum atomic E-state index is 13.6. The van der Waals surface area contributed by atoms with Crippen molar-refractivity contribution < 1.29 is 13.9 Å². The lowest BCUT2D eigenvalue weighted by Crippen LogP contribution is -2.12. The van der Waals surface area contributed by atoms with E-state index in [1.807, 2.05) is 0 Å². The molecule has 0 spiro atoms. The largest absolute Gasteiger partial charge is 0.487 e. The number of rotatable bonds is 4. The molecule has 0 atom stereocenters. The Balaban J connectivity index is 2.20. The van der Waals surface area contributed by atoms with Crippen LogP contribution in [0.1, 0.15) is 15.9 Å². The quantitative estimate of drug-likeness (QED) is 0.851. The molecule has 0 saturated heterocycles. The number of hydrogen-bond acceptors (Lipinski definition) is 3. The van der Waals surface area contributed by atoms with E-state index in [1.54, 1.807) is 12.1 Å². The van der Waals surface area contributed by atoms with Gasteiger partial charge in [0, 0.05) is 22.2 Å². The number of benzene rings is 2. The van der Waals surface area contributed by atoms with Gasteiger partial charge in [0.05, 0.1) is 5.69 Å². The Morgan fingerprint density at radius 1 is 1.25 bits per heavy atom. The molecule has 0 radical (unpaired) electrons. The van der Waals surface area contributed by atoms with Crippen molar-refractivity contribution in [3.63, 3.8) is 0 Å². The average Bonchev–Trinajstić information content (AvgIpc) is 2.41. The predicted molar refractivity (Wildman–Crippen MR) is 75.1 cm³/mol. The van der Waals surface area contributed by atoms with Gasteiger partial charge in [0.1, 0.15) is 18.2 Å². The standard InChI is InChI=1S/C14H12ClFN2O2/c15-10-2-4-12(17)13(6-10)20-7-9-5-8(14(18)19)1-3-11(9)16/h1-6H,7,17H2,(H2,18,19). The van der Waals surface area contributed by atoms with Gasteiger partial charge < -0.3 is 16.2 Å². The van der Waals surface area contributed by atoms with Gasteiger partial charge in [-0.2, -0.15) is 0 Å². The van der Waals surface area contributed by atoms with Crippen LogP contribution in [-0.2, 0) is 6.61 Å². The molecule has 0 fully saturated rings. The molecule has 0 aliphatic rings. The lowest BCUT2D eigenvalue weighted by molar-refractivity contribution is 0.1000. The Kier molecular flexibility index (Phi) is 4.10. The zero-order valence-electron chi connectivity index (χ0n) is 10.4. The first-order valence-corrected chi connectivity index (χ1v) is 6.11. The minimum atomic E-state index is -0.631.